The van der Waals surface area contributed by atoms with E-state index in [0.717, 1.165) is 33.4 Å². The van der Waals surface area contributed by atoms with Crippen LogP contribution in [-0.4, -0.2) is 28.9 Å². The van der Waals surface area contributed by atoms with Crippen molar-refractivity contribution in [2.24, 2.45) is 0 Å². The van der Waals surface area contributed by atoms with Gasteiger partial charge in [0, 0.05) is 11.4 Å². The highest BCUT2D eigenvalue weighted by Gasteiger charge is 2.20. The van der Waals surface area contributed by atoms with Crippen LogP contribution in [-0.2, 0) is 39.3 Å². The van der Waals surface area contributed by atoms with Crippen molar-refractivity contribution in [3.8, 4) is 0 Å². The number of nitrogens with one attached hydrogen (secondary N) is 4. The van der Waals surface area contributed by atoms with Crippen molar-refractivity contribution in [2.45, 2.75) is 56.7 Å². The number of sulfonamides is 2. The number of hydrogen-bond donors (Lipinski definition) is 4. The minimum absolute atomic E-state index is 0.00473. The number of rotatable bonds is 10. The quantitative estimate of drug-likeness (QED) is 0.165. The van der Waals surface area contributed by atoms with Crippen molar-refractivity contribution < 1.29 is 26.4 Å². The highest BCUT2D eigenvalue weighted by atomic mass is 32.2. The minimum atomic E-state index is -4.03. The van der Waals surface area contributed by atoms with Crippen LogP contribution >= 0.6 is 0 Å². The summed E-state index contributed by atoms with van der Waals surface area (Å²) >= 11 is 0. The van der Waals surface area contributed by atoms with Crippen molar-refractivity contribution in [1.82, 2.24) is 9.44 Å². The molecular weight excluding hydrogens is 613 g/mol. The third-order valence-corrected chi connectivity index (χ3v) is 9.82. The molecule has 4 N–H and O–H groups in total. The normalized spacial score (nSPS) is 11.5. The molecule has 0 heterocycles. The highest BCUT2D eigenvalue weighted by Crippen LogP contribution is 2.24. The summed E-state index contributed by atoms with van der Waals surface area (Å²) in [5.41, 5.74) is 6.39. The first-order valence-corrected chi connectivity index (χ1v) is 17.3. The molecule has 0 aromatic heterocycles. The van der Waals surface area contributed by atoms with Crippen LogP contribution in [0.5, 0.6) is 0 Å². The Morgan fingerprint density at radius 3 is 1.24 bits per heavy atom. The van der Waals surface area contributed by atoms with Gasteiger partial charge < -0.3 is 10.6 Å². The summed E-state index contributed by atoms with van der Waals surface area (Å²) in [6.45, 7) is 7.55. The summed E-state index contributed by atoms with van der Waals surface area (Å²) in [5, 5.41) is 5.29. The van der Waals surface area contributed by atoms with E-state index in [4.69, 9.17) is 0 Å². The Bertz CT molecular complexity index is 1780. The van der Waals surface area contributed by atoms with E-state index in [0.29, 0.717) is 30.6 Å². The van der Waals surface area contributed by atoms with E-state index < -0.39 is 32.1 Å². The van der Waals surface area contributed by atoms with Crippen LogP contribution in [0, 0.1) is 13.8 Å². The summed E-state index contributed by atoms with van der Waals surface area (Å²) in [4.78, 5) is 25.2. The average Bonchev–Trinajstić information content (AvgIpc) is 2.98. The van der Waals surface area contributed by atoms with Crippen molar-refractivity contribution in [3.05, 3.63) is 118 Å². The monoisotopic (exact) mass is 648 g/mol. The molecule has 12 heteroatoms. The van der Waals surface area contributed by atoms with Crippen LogP contribution in [0.3, 0.4) is 0 Å². The first-order chi connectivity index (χ1) is 21.3. The molecule has 0 saturated carbocycles. The summed E-state index contributed by atoms with van der Waals surface area (Å²) < 4.78 is 54.5. The summed E-state index contributed by atoms with van der Waals surface area (Å²) in [6, 6.07) is 21.8. The molecular formula is C33H36N4O6S2. The molecule has 0 unspecified atom stereocenters. The zero-order valence-electron chi connectivity index (χ0n) is 25.5. The highest BCUT2D eigenvalue weighted by molar-refractivity contribution is 7.90. The van der Waals surface area contributed by atoms with Gasteiger partial charge in [-0.3, -0.25) is 0 Å². The van der Waals surface area contributed by atoms with E-state index in [9.17, 15) is 26.4 Å². The van der Waals surface area contributed by atoms with Crippen LogP contribution in [0.2, 0.25) is 0 Å². The Labute approximate surface area is 264 Å². The second kappa shape index (κ2) is 14.0. The Morgan fingerprint density at radius 1 is 0.556 bits per heavy atom. The predicted octanol–water partition coefficient (Wildman–Crippen LogP) is 6.04. The number of carbonyl (C=O) groups excluding carboxylic acids is 2. The van der Waals surface area contributed by atoms with Crippen molar-refractivity contribution in [1.29, 1.82) is 0 Å². The van der Waals surface area contributed by atoms with Crippen LogP contribution in [0.1, 0.15) is 47.2 Å². The lowest BCUT2D eigenvalue weighted by Crippen LogP contribution is -2.34. The molecule has 4 aromatic carbocycles. The number of amides is 4. The first-order valence-electron chi connectivity index (χ1n) is 14.3. The van der Waals surface area contributed by atoms with Gasteiger partial charge in [-0.2, -0.15) is 0 Å². The SMILES string of the molecule is CCc1cc(Cc2ccc(NC(=O)NS(=O)(=O)c3ccc(C)cc3)c(CC)c2)ccc1NC(=O)NS(=O)(=O)c1ccc(C)cc1. The largest absolute Gasteiger partial charge is 0.333 e. The molecule has 4 aromatic rings. The van der Waals surface area contributed by atoms with E-state index in [1.54, 1.807) is 36.4 Å². The molecule has 4 amide bonds. The maximum absolute atomic E-state index is 12.6. The predicted molar refractivity (Wildman–Crippen MR) is 175 cm³/mol. The van der Waals surface area contributed by atoms with Crippen molar-refractivity contribution in [3.63, 3.8) is 0 Å². The molecule has 45 heavy (non-hydrogen) atoms. The van der Waals surface area contributed by atoms with Crippen molar-refractivity contribution in [2.75, 3.05) is 10.6 Å². The Balaban J connectivity index is 1.42. The number of hydrogen-bond acceptors (Lipinski definition) is 6. The summed E-state index contributed by atoms with van der Waals surface area (Å²) in [6.07, 6.45) is 1.75. The van der Waals surface area contributed by atoms with Gasteiger partial charge in [-0.25, -0.2) is 35.9 Å². The standard InChI is InChI=1S/C33H36N4O6S2/c1-5-26-20-24(11-17-30(26)34-32(38)36-44(40,41)28-13-7-22(3)8-14-28)19-25-12-18-31(27(6-2)21-25)35-33(39)37-45(42,43)29-15-9-23(4)10-16-29/h7-18,20-21H,5-6,19H2,1-4H3,(H2,34,36,38)(H2,35,37,39). The zero-order chi connectivity index (χ0) is 32.8. The van der Waals surface area contributed by atoms with Gasteiger partial charge in [0.2, 0.25) is 0 Å². The van der Waals surface area contributed by atoms with Gasteiger partial charge in [0.05, 0.1) is 9.79 Å². The molecule has 0 bridgehead atoms. The fourth-order valence-corrected chi connectivity index (χ4v) is 6.49. The van der Waals surface area contributed by atoms with E-state index >= 15 is 0 Å². The third kappa shape index (κ3) is 8.70. The lowest BCUT2D eigenvalue weighted by atomic mass is 9.98. The van der Waals surface area contributed by atoms with E-state index in [1.807, 2.05) is 52.0 Å². The van der Waals surface area contributed by atoms with E-state index in [1.165, 1.54) is 24.3 Å². The fourth-order valence-electron chi connectivity index (χ4n) is 4.67. The van der Waals surface area contributed by atoms with Crippen LogP contribution in [0.15, 0.2) is 94.7 Å². The average molecular weight is 649 g/mol. The van der Waals surface area contributed by atoms with Gasteiger partial charge >= 0.3 is 12.1 Å². The molecule has 0 saturated heterocycles. The number of urea groups is 2. The zero-order valence-corrected chi connectivity index (χ0v) is 27.1. The Kier molecular flexibility index (Phi) is 10.3. The molecule has 10 nitrogen and oxygen atoms in total. The molecule has 0 aliphatic carbocycles. The first kappa shape index (κ1) is 33.2. The van der Waals surface area contributed by atoms with Crippen LogP contribution in [0.4, 0.5) is 21.0 Å². The van der Waals surface area contributed by atoms with Gasteiger partial charge in [0.1, 0.15) is 0 Å². The molecule has 4 rings (SSSR count). The lowest BCUT2D eigenvalue weighted by molar-refractivity contribution is 0.255. The van der Waals surface area contributed by atoms with E-state index in [-0.39, 0.29) is 9.79 Å². The van der Waals surface area contributed by atoms with Gasteiger partial charge in [-0.05, 0) is 91.8 Å². The molecule has 0 radical (unpaired) electrons. The molecule has 0 spiro atoms. The smallest absolute Gasteiger partial charge is 0.307 e. The topological polar surface area (TPSA) is 151 Å². The summed E-state index contributed by atoms with van der Waals surface area (Å²) in [7, 11) is -8.06. The van der Waals surface area contributed by atoms with Gasteiger partial charge in [-0.1, -0.05) is 73.5 Å². The molecule has 0 aliphatic rings. The van der Waals surface area contributed by atoms with Crippen LogP contribution < -0.4 is 20.1 Å². The minimum Gasteiger partial charge on any atom is -0.307 e. The molecule has 0 atom stereocenters. The maximum Gasteiger partial charge on any atom is 0.333 e. The van der Waals surface area contributed by atoms with Gasteiger partial charge in [0.15, 0.2) is 0 Å². The fraction of sp³-hybridized carbons (Fsp3) is 0.212. The second-order valence-corrected chi connectivity index (χ2v) is 14.0. The second-order valence-electron chi connectivity index (χ2n) is 10.6. The number of carbonyl (C=O) groups is 2. The van der Waals surface area contributed by atoms with Crippen molar-refractivity contribution >= 4 is 43.5 Å². The van der Waals surface area contributed by atoms with Gasteiger partial charge in [0.25, 0.3) is 20.0 Å². The molecule has 0 aliphatic heterocycles. The Morgan fingerprint density at radius 2 is 0.911 bits per heavy atom. The Hall–Kier alpha value is -4.68. The number of benzene rings is 4. The number of aryl methyl sites for hydroxylation is 4. The summed E-state index contributed by atoms with van der Waals surface area (Å²) in [5.74, 6) is 0. The maximum atomic E-state index is 12.6. The molecule has 0 fully saturated rings. The van der Waals surface area contributed by atoms with Gasteiger partial charge in [-0.15, -0.1) is 0 Å². The van der Waals surface area contributed by atoms with E-state index in [2.05, 4.69) is 20.1 Å². The number of anilines is 2. The molecule has 236 valence electrons. The lowest BCUT2D eigenvalue weighted by Gasteiger charge is -2.15. The van der Waals surface area contributed by atoms with Crippen LogP contribution in [0.25, 0.3) is 0 Å². The third-order valence-electron chi connectivity index (χ3n) is 7.12.